The van der Waals surface area contributed by atoms with Crippen LogP contribution in [-0.4, -0.2) is 28.2 Å². The molecule has 8 heteroatoms. The standard InChI is InChI=1S/C20H19FN2O5/c1-13-9-19(28-20(24)25)22-23(13)11-15-10-17(26-2)7-8-18(15)27-12-14-3-5-16(21)6-4-14/h3-10H,11-12H2,1-2H3,(H,24,25). The van der Waals surface area contributed by atoms with Gasteiger partial charge in [0.25, 0.3) is 0 Å². The topological polar surface area (TPSA) is 82.8 Å². The molecule has 0 saturated carbocycles. The molecule has 0 saturated heterocycles. The number of nitrogens with zero attached hydrogens (tertiary/aromatic N) is 2. The number of carboxylic acid groups (broad SMARTS) is 1. The highest BCUT2D eigenvalue weighted by atomic mass is 19.1. The van der Waals surface area contributed by atoms with Gasteiger partial charge >= 0.3 is 6.16 Å². The Bertz CT molecular complexity index is 969. The Hall–Kier alpha value is -3.55. The number of aryl methyl sites for hydroxylation is 1. The van der Waals surface area contributed by atoms with Crippen molar-refractivity contribution < 1.29 is 28.5 Å². The van der Waals surface area contributed by atoms with Crippen molar-refractivity contribution in [2.75, 3.05) is 7.11 Å². The highest BCUT2D eigenvalue weighted by Gasteiger charge is 2.13. The van der Waals surface area contributed by atoms with Crippen LogP contribution in [0.15, 0.2) is 48.5 Å². The van der Waals surface area contributed by atoms with Gasteiger partial charge in [-0.25, -0.2) is 9.18 Å². The number of methoxy groups -OCH3 is 1. The van der Waals surface area contributed by atoms with Crippen molar-refractivity contribution in [1.82, 2.24) is 9.78 Å². The van der Waals surface area contributed by atoms with Gasteiger partial charge in [-0.1, -0.05) is 12.1 Å². The van der Waals surface area contributed by atoms with Gasteiger partial charge < -0.3 is 19.3 Å². The van der Waals surface area contributed by atoms with Gasteiger partial charge in [0, 0.05) is 17.3 Å². The predicted molar refractivity (Wildman–Crippen MR) is 98.4 cm³/mol. The van der Waals surface area contributed by atoms with E-state index in [1.165, 1.54) is 18.2 Å². The smallest absolute Gasteiger partial charge is 0.497 e. The summed E-state index contributed by atoms with van der Waals surface area (Å²) in [5, 5.41) is 12.9. The monoisotopic (exact) mass is 386 g/mol. The van der Waals surface area contributed by atoms with Crippen LogP contribution in [0.5, 0.6) is 17.4 Å². The van der Waals surface area contributed by atoms with E-state index < -0.39 is 6.16 Å². The fraction of sp³-hybridized carbons (Fsp3) is 0.200. The Morgan fingerprint density at radius 3 is 2.61 bits per heavy atom. The van der Waals surface area contributed by atoms with E-state index in [4.69, 9.17) is 14.6 Å². The molecule has 0 fully saturated rings. The molecule has 0 aliphatic rings. The third-order valence-corrected chi connectivity index (χ3v) is 4.05. The lowest BCUT2D eigenvalue weighted by molar-refractivity contribution is 0.142. The fourth-order valence-electron chi connectivity index (χ4n) is 2.63. The van der Waals surface area contributed by atoms with Crippen molar-refractivity contribution in [2.45, 2.75) is 20.1 Å². The lowest BCUT2D eigenvalue weighted by Crippen LogP contribution is -2.08. The Labute approximate surface area is 160 Å². The van der Waals surface area contributed by atoms with Crippen molar-refractivity contribution >= 4 is 6.16 Å². The van der Waals surface area contributed by atoms with Gasteiger partial charge in [0.15, 0.2) is 0 Å². The van der Waals surface area contributed by atoms with E-state index in [1.807, 2.05) is 6.07 Å². The SMILES string of the molecule is COc1ccc(OCc2ccc(F)cc2)c(Cn2nc(OC(=O)O)cc2C)c1. The first-order valence-corrected chi connectivity index (χ1v) is 8.44. The second-order valence-electron chi connectivity index (χ2n) is 6.04. The van der Waals surface area contributed by atoms with Gasteiger partial charge in [-0.05, 0) is 42.8 Å². The zero-order chi connectivity index (χ0) is 20.1. The Morgan fingerprint density at radius 1 is 1.18 bits per heavy atom. The van der Waals surface area contributed by atoms with E-state index in [1.54, 1.807) is 43.0 Å². The van der Waals surface area contributed by atoms with Gasteiger partial charge in [0.05, 0.1) is 13.7 Å². The lowest BCUT2D eigenvalue weighted by Gasteiger charge is -2.14. The molecule has 0 aliphatic carbocycles. The van der Waals surface area contributed by atoms with E-state index in [-0.39, 0.29) is 18.3 Å². The van der Waals surface area contributed by atoms with Gasteiger partial charge in [0.1, 0.15) is 23.9 Å². The minimum absolute atomic E-state index is 0.00155. The van der Waals surface area contributed by atoms with E-state index in [0.29, 0.717) is 18.0 Å². The maximum Gasteiger partial charge on any atom is 0.512 e. The number of hydrogen-bond donors (Lipinski definition) is 1. The highest BCUT2D eigenvalue weighted by Crippen LogP contribution is 2.27. The Kier molecular flexibility index (Phi) is 5.78. The minimum atomic E-state index is -1.42. The fourth-order valence-corrected chi connectivity index (χ4v) is 2.63. The van der Waals surface area contributed by atoms with Crippen molar-refractivity contribution in [2.24, 2.45) is 0 Å². The predicted octanol–water partition coefficient (Wildman–Crippen LogP) is 4.02. The molecule has 1 N–H and O–H groups in total. The number of benzene rings is 2. The number of halogens is 1. The molecule has 3 rings (SSSR count). The molecule has 0 atom stereocenters. The Balaban J connectivity index is 1.81. The second-order valence-corrected chi connectivity index (χ2v) is 6.04. The molecule has 1 heterocycles. The molecule has 28 heavy (non-hydrogen) atoms. The molecule has 2 aromatic carbocycles. The van der Waals surface area contributed by atoms with Crippen molar-refractivity contribution in [3.63, 3.8) is 0 Å². The molecule has 0 bridgehead atoms. The Morgan fingerprint density at radius 2 is 1.93 bits per heavy atom. The summed E-state index contributed by atoms with van der Waals surface area (Å²) < 4.78 is 30.4. The molecule has 1 aromatic heterocycles. The van der Waals surface area contributed by atoms with Crippen molar-refractivity contribution in [3.05, 3.63) is 71.2 Å². The molecule has 0 amide bonds. The average molecular weight is 386 g/mol. The summed E-state index contributed by atoms with van der Waals surface area (Å²) in [5.74, 6) is 0.959. The van der Waals surface area contributed by atoms with Crippen LogP contribution in [-0.2, 0) is 13.2 Å². The normalized spacial score (nSPS) is 10.5. The zero-order valence-corrected chi connectivity index (χ0v) is 15.4. The van der Waals surface area contributed by atoms with E-state index in [0.717, 1.165) is 16.8 Å². The zero-order valence-electron chi connectivity index (χ0n) is 15.4. The number of ether oxygens (including phenoxy) is 3. The minimum Gasteiger partial charge on any atom is -0.497 e. The van der Waals surface area contributed by atoms with Gasteiger partial charge in [-0.3, -0.25) is 4.68 Å². The average Bonchev–Trinajstić information content (AvgIpc) is 3.00. The van der Waals surface area contributed by atoms with Crippen LogP contribution in [0.25, 0.3) is 0 Å². The third kappa shape index (κ3) is 4.79. The van der Waals surface area contributed by atoms with E-state index in [9.17, 15) is 9.18 Å². The van der Waals surface area contributed by atoms with Crippen LogP contribution >= 0.6 is 0 Å². The molecular formula is C20H19FN2O5. The summed E-state index contributed by atoms with van der Waals surface area (Å²) in [7, 11) is 1.57. The summed E-state index contributed by atoms with van der Waals surface area (Å²) >= 11 is 0. The quantitative estimate of drug-likeness (QED) is 0.618. The first-order valence-electron chi connectivity index (χ1n) is 8.44. The summed E-state index contributed by atoms with van der Waals surface area (Å²) in [5.41, 5.74) is 2.34. The molecule has 0 spiro atoms. The van der Waals surface area contributed by atoms with E-state index >= 15 is 0 Å². The third-order valence-electron chi connectivity index (χ3n) is 4.05. The molecule has 146 valence electrons. The molecule has 7 nitrogen and oxygen atoms in total. The second kappa shape index (κ2) is 8.43. The van der Waals surface area contributed by atoms with Crippen LogP contribution in [0.1, 0.15) is 16.8 Å². The molecular weight excluding hydrogens is 367 g/mol. The van der Waals surface area contributed by atoms with Gasteiger partial charge in [-0.2, -0.15) is 0 Å². The van der Waals surface area contributed by atoms with Crippen LogP contribution < -0.4 is 14.2 Å². The highest BCUT2D eigenvalue weighted by molar-refractivity contribution is 5.60. The molecule has 0 aliphatic heterocycles. The first-order chi connectivity index (χ1) is 13.4. The van der Waals surface area contributed by atoms with Crippen LogP contribution in [0, 0.1) is 12.7 Å². The molecule has 3 aromatic rings. The van der Waals surface area contributed by atoms with E-state index in [2.05, 4.69) is 9.84 Å². The maximum absolute atomic E-state index is 13.0. The molecule has 0 radical (unpaired) electrons. The van der Waals surface area contributed by atoms with Crippen LogP contribution in [0.4, 0.5) is 9.18 Å². The van der Waals surface area contributed by atoms with Crippen LogP contribution in [0.3, 0.4) is 0 Å². The summed E-state index contributed by atoms with van der Waals surface area (Å²) in [4.78, 5) is 10.7. The van der Waals surface area contributed by atoms with Crippen LogP contribution in [0.2, 0.25) is 0 Å². The number of rotatable bonds is 7. The van der Waals surface area contributed by atoms with Gasteiger partial charge in [0.2, 0.25) is 5.88 Å². The summed E-state index contributed by atoms with van der Waals surface area (Å²) in [6, 6.07) is 13.0. The number of hydrogen-bond acceptors (Lipinski definition) is 5. The summed E-state index contributed by atoms with van der Waals surface area (Å²) in [6.07, 6.45) is -1.42. The molecule has 0 unspecified atom stereocenters. The van der Waals surface area contributed by atoms with Crippen molar-refractivity contribution in [1.29, 1.82) is 0 Å². The largest absolute Gasteiger partial charge is 0.512 e. The number of aromatic nitrogens is 2. The maximum atomic E-state index is 13.0. The lowest BCUT2D eigenvalue weighted by atomic mass is 10.1. The number of carbonyl (C=O) groups is 1. The van der Waals surface area contributed by atoms with Crippen molar-refractivity contribution in [3.8, 4) is 17.4 Å². The first kappa shape index (κ1) is 19.2. The summed E-state index contributed by atoms with van der Waals surface area (Å²) in [6.45, 7) is 2.39. The van der Waals surface area contributed by atoms with Gasteiger partial charge in [-0.15, -0.1) is 5.10 Å².